The fourth-order valence-electron chi connectivity index (χ4n) is 3.63. The fraction of sp³-hybridized carbons (Fsp3) is 0.261. The van der Waals surface area contributed by atoms with Gasteiger partial charge in [-0.05, 0) is 34.9 Å². The number of carboxylic acid groups (broad SMARTS) is 1. The summed E-state index contributed by atoms with van der Waals surface area (Å²) in [5, 5.41) is 9.01. The molecule has 2 aromatic carbocycles. The van der Waals surface area contributed by atoms with Crippen molar-refractivity contribution >= 4 is 11.9 Å². The van der Waals surface area contributed by atoms with Crippen molar-refractivity contribution in [3.05, 3.63) is 77.6 Å². The maximum absolute atomic E-state index is 11.0. The maximum atomic E-state index is 11.0. The minimum atomic E-state index is -0.895. The lowest BCUT2D eigenvalue weighted by Crippen LogP contribution is -2.46. The van der Waals surface area contributed by atoms with Crippen LogP contribution in [0.1, 0.15) is 21.5 Å². The average molecular weight is 403 g/mol. The molecule has 0 aliphatic carbocycles. The van der Waals surface area contributed by atoms with E-state index in [9.17, 15) is 4.79 Å². The molecule has 0 atom stereocenters. The summed E-state index contributed by atoms with van der Waals surface area (Å²) in [6, 6.07) is 15.2. The molecule has 0 bridgehead atoms. The molecule has 0 amide bonds. The molecule has 7 heteroatoms. The van der Waals surface area contributed by atoms with Crippen LogP contribution >= 0.6 is 0 Å². The van der Waals surface area contributed by atoms with Gasteiger partial charge in [0.1, 0.15) is 0 Å². The summed E-state index contributed by atoms with van der Waals surface area (Å²) in [7, 11) is 0. The number of carboxylic acids is 1. The van der Waals surface area contributed by atoms with Crippen LogP contribution in [0.15, 0.2) is 60.9 Å². The number of rotatable bonds is 6. The minimum Gasteiger partial charge on any atom is -0.478 e. The maximum Gasteiger partial charge on any atom is 0.335 e. The standard InChI is InChI=1S/C23H25N5O2/c24-13-18-2-1-3-20(12-18)21-14-25-23(26-15-21)28-10-8-27(9-11-28)16-17-4-6-19(7-5-17)22(29)30/h1-7,12,14-15H,8-11,13,16,24H2,(H,29,30). The van der Waals surface area contributed by atoms with Gasteiger partial charge in [-0.1, -0.05) is 30.3 Å². The molecule has 1 aliphatic rings. The molecule has 7 nitrogen and oxygen atoms in total. The first-order valence-corrected chi connectivity index (χ1v) is 10.0. The summed E-state index contributed by atoms with van der Waals surface area (Å²) in [6.45, 7) is 4.85. The molecule has 1 saturated heterocycles. The molecule has 0 radical (unpaired) electrons. The Kier molecular flexibility index (Phi) is 6.02. The first-order chi connectivity index (χ1) is 14.6. The van der Waals surface area contributed by atoms with Gasteiger partial charge < -0.3 is 15.7 Å². The molecule has 1 aliphatic heterocycles. The first kappa shape index (κ1) is 20.0. The molecule has 0 saturated carbocycles. The van der Waals surface area contributed by atoms with Crippen molar-refractivity contribution in [1.82, 2.24) is 14.9 Å². The molecule has 1 aromatic heterocycles. The van der Waals surface area contributed by atoms with Crippen LogP contribution in [0.25, 0.3) is 11.1 Å². The number of nitrogens with two attached hydrogens (primary N) is 1. The van der Waals surface area contributed by atoms with Crippen LogP contribution < -0.4 is 10.6 Å². The quantitative estimate of drug-likeness (QED) is 0.653. The zero-order valence-corrected chi connectivity index (χ0v) is 16.7. The Hall–Kier alpha value is -3.29. The third-order valence-corrected chi connectivity index (χ3v) is 5.40. The number of piperazine rings is 1. The molecule has 0 spiro atoms. The normalized spacial score (nSPS) is 14.6. The highest BCUT2D eigenvalue weighted by Gasteiger charge is 2.19. The Labute approximate surface area is 175 Å². The van der Waals surface area contributed by atoms with Crippen molar-refractivity contribution in [1.29, 1.82) is 0 Å². The van der Waals surface area contributed by atoms with Crippen molar-refractivity contribution < 1.29 is 9.90 Å². The molecule has 3 N–H and O–H groups in total. The molecule has 154 valence electrons. The highest BCUT2D eigenvalue weighted by Crippen LogP contribution is 2.21. The van der Waals surface area contributed by atoms with Gasteiger partial charge >= 0.3 is 5.97 Å². The molecule has 30 heavy (non-hydrogen) atoms. The van der Waals surface area contributed by atoms with E-state index in [1.165, 1.54) is 0 Å². The van der Waals surface area contributed by atoms with Gasteiger partial charge in [-0.3, -0.25) is 4.90 Å². The fourth-order valence-corrected chi connectivity index (χ4v) is 3.63. The van der Waals surface area contributed by atoms with Gasteiger partial charge in [-0.2, -0.15) is 0 Å². The van der Waals surface area contributed by atoms with E-state index in [-0.39, 0.29) is 0 Å². The SMILES string of the molecule is NCc1cccc(-c2cnc(N3CCN(Cc4ccc(C(=O)O)cc4)CC3)nc2)c1. The number of aromatic nitrogens is 2. The van der Waals surface area contributed by atoms with Gasteiger partial charge in [0.25, 0.3) is 0 Å². The lowest BCUT2D eigenvalue weighted by molar-refractivity contribution is 0.0697. The summed E-state index contributed by atoms with van der Waals surface area (Å²) in [6.07, 6.45) is 3.74. The van der Waals surface area contributed by atoms with E-state index in [0.717, 1.165) is 60.9 Å². The van der Waals surface area contributed by atoms with Crippen LogP contribution in [0.4, 0.5) is 5.95 Å². The number of hydrogen-bond donors (Lipinski definition) is 2. The van der Waals surface area contributed by atoms with Gasteiger partial charge in [0, 0.05) is 57.2 Å². The van der Waals surface area contributed by atoms with Crippen LogP contribution in [-0.2, 0) is 13.1 Å². The van der Waals surface area contributed by atoms with Crippen LogP contribution in [0.5, 0.6) is 0 Å². The average Bonchev–Trinajstić information content (AvgIpc) is 2.80. The third kappa shape index (κ3) is 4.64. The Bertz CT molecular complexity index is 997. The number of carbonyl (C=O) groups is 1. The summed E-state index contributed by atoms with van der Waals surface area (Å²) >= 11 is 0. The zero-order valence-electron chi connectivity index (χ0n) is 16.7. The van der Waals surface area contributed by atoms with Crippen LogP contribution in [0, 0.1) is 0 Å². The molecule has 1 fully saturated rings. The van der Waals surface area contributed by atoms with E-state index < -0.39 is 5.97 Å². The number of anilines is 1. The van der Waals surface area contributed by atoms with Gasteiger partial charge in [-0.25, -0.2) is 14.8 Å². The first-order valence-electron chi connectivity index (χ1n) is 10.0. The second-order valence-corrected chi connectivity index (χ2v) is 7.44. The van der Waals surface area contributed by atoms with Gasteiger partial charge in [0.15, 0.2) is 0 Å². The molecular formula is C23H25N5O2. The molecule has 4 rings (SSSR count). The predicted octanol–water partition coefficient (Wildman–Crippen LogP) is 2.62. The number of nitrogens with zero attached hydrogens (tertiary/aromatic N) is 4. The van der Waals surface area contributed by atoms with Crippen LogP contribution in [0.2, 0.25) is 0 Å². The number of aromatic carboxylic acids is 1. The smallest absolute Gasteiger partial charge is 0.335 e. The van der Waals surface area contributed by atoms with E-state index in [1.807, 2.05) is 42.7 Å². The topological polar surface area (TPSA) is 95.6 Å². The van der Waals surface area contributed by atoms with Crippen LogP contribution in [0.3, 0.4) is 0 Å². The second kappa shape index (κ2) is 9.02. The van der Waals surface area contributed by atoms with E-state index in [1.54, 1.807) is 12.1 Å². The Morgan fingerprint density at radius 2 is 1.63 bits per heavy atom. The van der Waals surface area contributed by atoms with Crippen molar-refractivity contribution in [3.8, 4) is 11.1 Å². The Balaban J connectivity index is 1.34. The van der Waals surface area contributed by atoms with E-state index in [0.29, 0.717) is 12.1 Å². The second-order valence-electron chi connectivity index (χ2n) is 7.44. The van der Waals surface area contributed by atoms with Gasteiger partial charge in [-0.15, -0.1) is 0 Å². The highest BCUT2D eigenvalue weighted by molar-refractivity contribution is 5.87. The monoisotopic (exact) mass is 403 g/mol. The minimum absolute atomic E-state index is 0.318. The lowest BCUT2D eigenvalue weighted by atomic mass is 10.1. The third-order valence-electron chi connectivity index (χ3n) is 5.40. The Morgan fingerprint density at radius 3 is 2.27 bits per heavy atom. The van der Waals surface area contributed by atoms with E-state index in [2.05, 4.69) is 25.8 Å². The zero-order chi connectivity index (χ0) is 20.9. The van der Waals surface area contributed by atoms with Crippen molar-refractivity contribution in [2.45, 2.75) is 13.1 Å². The summed E-state index contributed by atoms with van der Waals surface area (Å²) < 4.78 is 0. The lowest BCUT2D eigenvalue weighted by Gasteiger charge is -2.34. The number of benzene rings is 2. The summed E-state index contributed by atoms with van der Waals surface area (Å²) in [5.41, 5.74) is 10.3. The summed E-state index contributed by atoms with van der Waals surface area (Å²) in [5.74, 6) is -0.146. The van der Waals surface area contributed by atoms with Crippen molar-refractivity contribution in [2.75, 3.05) is 31.1 Å². The van der Waals surface area contributed by atoms with Gasteiger partial charge in [0.2, 0.25) is 5.95 Å². The predicted molar refractivity (Wildman–Crippen MR) is 116 cm³/mol. The van der Waals surface area contributed by atoms with Crippen molar-refractivity contribution in [2.24, 2.45) is 5.73 Å². The highest BCUT2D eigenvalue weighted by atomic mass is 16.4. The van der Waals surface area contributed by atoms with E-state index in [4.69, 9.17) is 10.8 Å². The largest absolute Gasteiger partial charge is 0.478 e. The molecule has 3 aromatic rings. The summed E-state index contributed by atoms with van der Waals surface area (Å²) in [4.78, 5) is 24.7. The van der Waals surface area contributed by atoms with Gasteiger partial charge in [0.05, 0.1) is 5.56 Å². The number of hydrogen-bond acceptors (Lipinski definition) is 6. The molecule has 2 heterocycles. The molecular weight excluding hydrogens is 378 g/mol. The molecule has 0 unspecified atom stereocenters. The van der Waals surface area contributed by atoms with Crippen LogP contribution in [-0.4, -0.2) is 52.1 Å². The van der Waals surface area contributed by atoms with E-state index >= 15 is 0 Å². The Morgan fingerprint density at radius 1 is 0.933 bits per heavy atom. The van der Waals surface area contributed by atoms with Crippen molar-refractivity contribution in [3.63, 3.8) is 0 Å².